The van der Waals surface area contributed by atoms with E-state index in [1.54, 1.807) is 12.1 Å². The predicted octanol–water partition coefficient (Wildman–Crippen LogP) is 1.89. The van der Waals surface area contributed by atoms with E-state index in [4.69, 9.17) is 11.6 Å². The summed E-state index contributed by atoms with van der Waals surface area (Å²) in [5, 5.41) is 9.86. The molecule has 1 aromatic heterocycles. The largest absolute Gasteiger partial charge is 0.306 e. The number of rotatable bonds is 4. The molecule has 84 valence electrons. The highest BCUT2D eigenvalue weighted by atomic mass is 35.5. The standard InChI is InChI=1S/C10H10ClFN4/c11-8-2-1-3-9(12)7(8)4-13-5-10-14-6-15-16-10/h1-3,6,13H,4-5H2,(H,14,15,16). The van der Waals surface area contributed by atoms with E-state index in [9.17, 15) is 4.39 Å². The molecule has 0 spiro atoms. The van der Waals surface area contributed by atoms with Gasteiger partial charge in [-0.25, -0.2) is 9.37 Å². The molecule has 0 atom stereocenters. The second kappa shape index (κ2) is 5.05. The van der Waals surface area contributed by atoms with Crippen LogP contribution in [0.2, 0.25) is 5.02 Å². The highest BCUT2D eigenvalue weighted by molar-refractivity contribution is 6.31. The molecule has 0 saturated carbocycles. The lowest BCUT2D eigenvalue weighted by molar-refractivity contribution is 0.583. The maximum atomic E-state index is 13.4. The van der Waals surface area contributed by atoms with Crippen molar-refractivity contribution in [3.8, 4) is 0 Å². The van der Waals surface area contributed by atoms with E-state index in [2.05, 4.69) is 20.5 Å². The molecule has 0 saturated heterocycles. The topological polar surface area (TPSA) is 53.6 Å². The zero-order chi connectivity index (χ0) is 11.4. The number of hydrogen-bond acceptors (Lipinski definition) is 3. The molecular formula is C10H10ClFN4. The van der Waals surface area contributed by atoms with Crippen LogP contribution in [0.5, 0.6) is 0 Å². The third kappa shape index (κ3) is 2.56. The van der Waals surface area contributed by atoms with Gasteiger partial charge in [0.05, 0.1) is 6.54 Å². The summed E-state index contributed by atoms with van der Waals surface area (Å²) in [5.74, 6) is 0.394. The summed E-state index contributed by atoms with van der Waals surface area (Å²) in [7, 11) is 0. The molecule has 16 heavy (non-hydrogen) atoms. The van der Waals surface area contributed by atoms with Gasteiger partial charge in [-0.05, 0) is 12.1 Å². The Balaban J connectivity index is 1.95. The second-order valence-corrected chi connectivity index (χ2v) is 3.64. The van der Waals surface area contributed by atoms with Gasteiger partial charge in [0.1, 0.15) is 18.0 Å². The van der Waals surface area contributed by atoms with Crippen LogP contribution in [0, 0.1) is 5.82 Å². The van der Waals surface area contributed by atoms with Crippen LogP contribution in [0.4, 0.5) is 4.39 Å². The third-order valence-electron chi connectivity index (χ3n) is 2.12. The molecule has 0 fully saturated rings. The smallest absolute Gasteiger partial charge is 0.138 e. The van der Waals surface area contributed by atoms with Crippen molar-refractivity contribution in [1.29, 1.82) is 0 Å². The molecule has 6 heteroatoms. The Morgan fingerprint density at radius 3 is 2.94 bits per heavy atom. The number of aromatic amines is 1. The van der Waals surface area contributed by atoms with Crippen LogP contribution in [-0.4, -0.2) is 15.2 Å². The van der Waals surface area contributed by atoms with Crippen molar-refractivity contribution in [3.63, 3.8) is 0 Å². The van der Waals surface area contributed by atoms with Crippen molar-refractivity contribution in [3.05, 3.63) is 46.8 Å². The van der Waals surface area contributed by atoms with Crippen LogP contribution < -0.4 is 5.32 Å². The SMILES string of the molecule is Fc1cccc(Cl)c1CNCc1ncn[nH]1. The van der Waals surface area contributed by atoms with Crippen molar-refractivity contribution in [2.45, 2.75) is 13.1 Å². The lowest BCUT2D eigenvalue weighted by Crippen LogP contribution is -2.15. The summed E-state index contributed by atoms with van der Waals surface area (Å²) < 4.78 is 13.4. The Morgan fingerprint density at radius 2 is 2.25 bits per heavy atom. The Bertz CT molecular complexity index is 438. The molecule has 4 nitrogen and oxygen atoms in total. The summed E-state index contributed by atoms with van der Waals surface area (Å²) in [6, 6.07) is 4.63. The van der Waals surface area contributed by atoms with Crippen LogP contribution in [0.1, 0.15) is 11.4 Å². The molecule has 1 heterocycles. The maximum absolute atomic E-state index is 13.4. The first kappa shape index (κ1) is 11.0. The first-order valence-electron chi connectivity index (χ1n) is 4.75. The van der Waals surface area contributed by atoms with E-state index < -0.39 is 0 Å². The molecule has 0 amide bonds. The number of nitrogens with zero attached hydrogens (tertiary/aromatic N) is 2. The fourth-order valence-electron chi connectivity index (χ4n) is 1.32. The van der Waals surface area contributed by atoms with Crippen LogP contribution in [0.25, 0.3) is 0 Å². The zero-order valence-electron chi connectivity index (χ0n) is 8.37. The minimum Gasteiger partial charge on any atom is -0.306 e. The van der Waals surface area contributed by atoms with Crippen molar-refractivity contribution >= 4 is 11.6 Å². The molecule has 0 aliphatic carbocycles. The minimum atomic E-state index is -0.308. The Labute approximate surface area is 96.9 Å². The first-order valence-corrected chi connectivity index (χ1v) is 5.13. The lowest BCUT2D eigenvalue weighted by Gasteiger charge is -2.06. The summed E-state index contributed by atoms with van der Waals surface area (Å²) in [6.45, 7) is 0.844. The summed E-state index contributed by atoms with van der Waals surface area (Å²) in [6.07, 6.45) is 1.42. The predicted molar refractivity (Wildman–Crippen MR) is 58.3 cm³/mol. The van der Waals surface area contributed by atoms with Gasteiger partial charge in [0, 0.05) is 17.1 Å². The van der Waals surface area contributed by atoms with Crippen LogP contribution in [-0.2, 0) is 13.1 Å². The highest BCUT2D eigenvalue weighted by Gasteiger charge is 2.06. The van der Waals surface area contributed by atoms with Crippen molar-refractivity contribution in [2.24, 2.45) is 0 Å². The van der Waals surface area contributed by atoms with Gasteiger partial charge in [0.25, 0.3) is 0 Å². The van der Waals surface area contributed by atoms with Gasteiger partial charge >= 0.3 is 0 Å². The number of hydrogen-bond donors (Lipinski definition) is 2. The van der Waals surface area contributed by atoms with E-state index in [1.807, 2.05) is 0 Å². The molecule has 0 radical (unpaired) electrons. The van der Waals surface area contributed by atoms with Gasteiger partial charge in [-0.3, -0.25) is 5.10 Å². The quantitative estimate of drug-likeness (QED) is 0.858. The molecule has 0 aliphatic rings. The maximum Gasteiger partial charge on any atom is 0.138 e. The fourth-order valence-corrected chi connectivity index (χ4v) is 1.55. The van der Waals surface area contributed by atoms with E-state index in [0.717, 1.165) is 0 Å². The molecule has 0 unspecified atom stereocenters. The van der Waals surface area contributed by atoms with Gasteiger partial charge in [0.2, 0.25) is 0 Å². The lowest BCUT2D eigenvalue weighted by atomic mass is 10.2. The molecule has 0 aliphatic heterocycles. The average Bonchev–Trinajstić information content (AvgIpc) is 2.75. The highest BCUT2D eigenvalue weighted by Crippen LogP contribution is 2.18. The molecular weight excluding hydrogens is 231 g/mol. The van der Waals surface area contributed by atoms with Crippen molar-refractivity contribution in [2.75, 3.05) is 0 Å². The van der Waals surface area contributed by atoms with Gasteiger partial charge in [-0.1, -0.05) is 17.7 Å². The molecule has 1 aromatic carbocycles. The average molecular weight is 241 g/mol. The van der Waals surface area contributed by atoms with Crippen LogP contribution in [0.15, 0.2) is 24.5 Å². The van der Waals surface area contributed by atoms with Gasteiger partial charge in [-0.2, -0.15) is 5.10 Å². The molecule has 2 rings (SSSR count). The number of benzene rings is 1. The van der Waals surface area contributed by atoms with Gasteiger partial charge in [0.15, 0.2) is 0 Å². The number of H-pyrrole nitrogens is 1. The van der Waals surface area contributed by atoms with Gasteiger partial charge in [-0.15, -0.1) is 0 Å². The summed E-state index contributed by atoms with van der Waals surface area (Å²) in [5.41, 5.74) is 0.462. The van der Waals surface area contributed by atoms with Gasteiger partial charge < -0.3 is 5.32 Å². The summed E-state index contributed by atoms with van der Waals surface area (Å²) >= 11 is 5.87. The Hall–Kier alpha value is -1.46. The Morgan fingerprint density at radius 1 is 1.38 bits per heavy atom. The zero-order valence-corrected chi connectivity index (χ0v) is 9.13. The normalized spacial score (nSPS) is 10.6. The van der Waals surface area contributed by atoms with Crippen molar-refractivity contribution < 1.29 is 4.39 Å². The van der Waals surface area contributed by atoms with Crippen molar-refractivity contribution in [1.82, 2.24) is 20.5 Å². The Kier molecular flexibility index (Phi) is 3.48. The minimum absolute atomic E-state index is 0.308. The van der Waals surface area contributed by atoms with E-state index >= 15 is 0 Å². The number of aromatic nitrogens is 3. The first-order chi connectivity index (χ1) is 7.77. The summed E-state index contributed by atoms with van der Waals surface area (Å²) in [4.78, 5) is 3.94. The number of nitrogens with one attached hydrogen (secondary N) is 2. The van der Waals surface area contributed by atoms with E-state index in [-0.39, 0.29) is 5.82 Å². The molecule has 2 N–H and O–H groups in total. The van der Waals surface area contributed by atoms with Crippen LogP contribution >= 0.6 is 11.6 Å². The molecule has 0 bridgehead atoms. The van der Waals surface area contributed by atoms with Crippen LogP contribution in [0.3, 0.4) is 0 Å². The van der Waals surface area contributed by atoms with E-state index in [1.165, 1.54) is 12.4 Å². The van der Waals surface area contributed by atoms with E-state index in [0.29, 0.717) is 29.5 Å². The molecule has 2 aromatic rings. The monoisotopic (exact) mass is 240 g/mol. The fraction of sp³-hybridized carbons (Fsp3) is 0.200. The third-order valence-corrected chi connectivity index (χ3v) is 2.47. The second-order valence-electron chi connectivity index (χ2n) is 3.24. The number of halogens is 2.